The highest BCUT2D eigenvalue weighted by atomic mass is 32.3. The van der Waals surface area contributed by atoms with Crippen LogP contribution in [0.3, 0.4) is 0 Å². The minimum Gasteiger partial charge on any atom is -0.464 e. The van der Waals surface area contributed by atoms with Crippen LogP contribution in [0.25, 0.3) is 0 Å². The fraction of sp³-hybridized carbons (Fsp3) is 0.950. The Balaban J connectivity index is 2.03. The zero-order valence-electron chi connectivity index (χ0n) is 17.1. The Labute approximate surface area is 165 Å². The van der Waals surface area contributed by atoms with Crippen LogP contribution in [0.4, 0.5) is 0 Å². The number of carbonyl (C=O) groups excluding carboxylic acids is 1. The maximum atomic E-state index is 11.8. The number of esters is 1. The molecule has 1 fully saturated rings. The first-order valence-corrected chi connectivity index (χ1v) is 12.1. The van der Waals surface area contributed by atoms with Gasteiger partial charge >= 0.3 is 16.4 Å². The number of carbonyl (C=O) groups is 1. The Hall–Kier alpha value is -0.660. The molecule has 27 heavy (non-hydrogen) atoms. The van der Waals surface area contributed by atoms with Gasteiger partial charge in [0.2, 0.25) is 6.10 Å². The van der Waals surface area contributed by atoms with Gasteiger partial charge < -0.3 is 4.74 Å². The largest absolute Gasteiger partial charge is 0.464 e. The molecular weight excluding hydrogens is 368 g/mol. The van der Waals surface area contributed by atoms with Crippen LogP contribution in [0.2, 0.25) is 0 Å². The van der Waals surface area contributed by atoms with E-state index in [4.69, 9.17) is 13.1 Å². The minimum absolute atomic E-state index is 0.185. The van der Waals surface area contributed by atoms with Crippen molar-refractivity contribution >= 4 is 16.4 Å². The van der Waals surface area contributed by atoms with Crippen LogP contribution < -0.4 is 0 Å². The molecule has 0 unspecified atom stereocenters. The number of rotatable bonds is 16. The van der Waals surface area contributed by atoms with Crippen molar-refractivity contribution in [1.29, 1.82) is 0 Å². The Morgan fingerprint density at radius 1 is 0.778 bits per heavy atom. The summed E-state index contributed by atoms with van der Waals surface area (Å²) in [6.07, 6.45) is 14.8. The maximum absolute atomic E-state index is 11.8. The zero-order valence-corrected chi connectivity index (χ0v) is 17.9. The summed E-state index contributed by atoms with van der Waals surface area (Å²) in [4.78, 5) is 11.8. The fourth-order valence-corrected chi connectivity index (χ4v) is 4.39. The van der Waals surface area contributed by atoms with Crippen molar-refractivity contribution in [2.75, 3.05) is 6.61 Å². The highest BCUT2D eigenvalue weighted by molar-refractivity contribution is 7.82. The minimum atomic E-state index is -4.08. The van der Waals surface area contributed by atoms with Gasteiger partial charge in [0.25, 0.3) is 0 Å². The molecule has 6 nitrogen and oxygen atoms in total. The monoisotopic (exact) mass is 406 g/mol. The Bertz CT molecular complexity index is 491. The first-order valence-electron chi connectivity index (χ1n) is 10.8. The number of unbranched alkanes of at least 4 members (excludes halogenated alkanes) is 12. The molecular formula is C20H38O6S. The van der Waals surface area contributed by atoms with Crippen LogP contribution in [0.15, 0.2) is 0 Å². The molecule has 0 bridgehead atoms. The summed E-state index contributed by atoms with van der Waals surface area (Å²) in [6, 6.07) is 0. The molecule has 0 aliphatic carbocycles. The van der Waals surface area contributed by atoms with Crippen molar-refractivity contribution in [3.8, 4) is 0 Å². The van der Waals surface area contributed by atoms with Crippen molar-refractivity contribution in [2.45, 2.75) is 116 Å². The van der Waals surface area contributed by atoms with E-state index >= 15 is 0 Å². The van der Waals surface area contributed by atoms with E-state index in [-0.39, 0.29) is 6.61 Å². The molecule has 0 aromatic rings. The predicted molar refractivity (Wildman–Crippen MR) is 106 cm³/mol. The second kappa shape index (κ2) is 14.4. The quantitative estimate of drug-likeness (QED) is 0.263. The second-order valence-electron chi connectivity index (χ2n) is 7.34. The smallest absolute Gasteiger partial charge is 0.401 e. The van der Waals surface area contributed by atoms with Crippen molar-refractivity contribution in [3.63, 3.8) is 0 Å². The van der Waals surface area contributed by atoms with Crippen LogP contribution in [-0.2, 0) is 28.3 Å². The van der Waals surface area contributed by atoms with Gasteiger partial charge in [-0.3, -0.25) is 0 Å². The molecule has 7 heteroatoms. The Morgan fingerprint density at radius 2 is 1.26 bits per heavy atom. The Kier molecular flexibility index (Phi) is 13.0. The van der Waals surface area contributed by atoms with Crippen LogP contribution in [0, 0.1) is 0 Å². The molecule has 1 rings (SSSR count). The molecule has 0 N–H and O–H groups in total. The third kappa shape index (κ3) is 11.1. The molecule has 0 amide bonds. The molecule has 1 aliphatic heterocycles. The molecule has 0 spiro atoms. The molecule has 1 saturated heterocycles. The lowest BCUT2D eigenvalue weighted by Gasteiger charge is -2.13. The van der Waals surface area contributed by atoms with E-state index < -0.39 is 28.6 Å². The normalized spacial score (nSPS) is 21.4. The zero-order chi connectivity index (χ0) is 20.0. The van der Waals surface area contributed by atoms with E-state index in [1.165, 1.54) is 64.2 Å². The summed E-state index contributed by atoms with van der Waals surface area (Å²) in [5, 5.41) is 0. The third-order valence-electron chi connectivity index (χ3n) is 4.91. The molecule has 0 aromatic carbocycles. The van der Waals surface area contributed by atoms with Gasteiger partial charge in [-0.25, -0.2) is 13.2 Å². The summed E-state index contributed by atoms with van der Waals surface area (Å²) in [5.41, 5.74) is 0. The highest BCUT2D eigenvalue weighted by Gasteiger charge is 2.45. The molecule has 160 valence electrons. The van der Waals surface area contributed by atoms with Gasteiger partial charge in [0.05, 0.1) is 6.61 Å². The van der Waals surface area contributed by atoms with Crippen LogP contribution in [-0.4, -0.2) is 33.2 Å². The first-order chi connectivity index (χ1) is 13.0. The van der Waals surface area contributed by atoms with Crippen molar-refractivity contribution in [1.82, 2.24) is 0 Å². The lowest BCUT2D eigenvalue weighted by Crippen LogP contribution is -2.33. The summed E-state index contributed by atoms with van der Waals surface area (Å²) in [7, 11) is -4.08. The summed E-state index contributed by atoms with van der Waals surface area (Å²) < 4.78 is 37.3. The summed E-state index contributed by atoms with van der Waals surface area (Å²) >= 11 is 0. The van der Waals surface area contributed by atoms with E-state index in [0.29, 0.717) is 6.42 Å². The summed E-state index contributed by atoms with van der Waals surface area (Å²) in [5.74, 6) is -0.668. The fourth-order valence-electron chi connectivity index (χ4n) is 3.39. The number of hydrogen-bond donors (Lipinski definition) is 0. The lowest BCUT2D eigenvalue weighted by atomic mass is 10.0. The van der Waals surface area contributed by atoms with E-state index in [9.17, 15) is 13.2 Å². The average molecular weight is 407 g/mol. The maximum Gasteiger partial charge on any atom is 0.401 e. The van der Waals surface area contributed by atoms with Crippen LogP contribution in [0.5, 0.6) is 0 Å². The molecule has 0 radical (unpaired) electrons. The van der Waals surface area contributed by atoms with Crippen LogP contribution in [0.1, 0.15) is 104 Å². The third-order valence-corrected chi connectivity index (χ3v) is 5.84. The first kappa shape index (κ1) is 24.4. The van der Waals surface area contributed by atoms with Crippen molar-refractivity contribution in [3.05, 3.63) is 0 Å². The standard InChI is InChI=1S/C20H38O6S/c1-3-5-6-7-8-9-10-11-12-13-14-15-16-17-18-19(20(21)24-4-2)26-27(22,23)25-18/h18-19H,3-17H2,1-2H3/t18-,19+/m1/s1. The van der Waals surface area contributed by atoms with Gasteiger partial charge in [0.15, 0.2) is 0 Å². The highest BCUT2D eigenvalue weighted by Crippen LogP contribution is 2.26. The Morgan fingerprint density at radius 3 is 1.74 bits per heavy atom. The topological polar surface area (TPSA) is 78.9 Å². The number of hydrogen-bond acceptors (Lipinski definition) is 6. The molecule has 1 aliphatic rings. The van der Waals surface area contributed by atoms with E-state index in [2.05, 4.69) is 6.92 Å². The van der Waals surface area contributed by atoms with E-state index in [1.807, 2.05) is 0 Å². The van der Waals surface area contributed by atoms with Gasteiger partial charge in [0, 0.05) is 0 Å². The van der Waals surface area contributed by atoms with Crippen LogP contribution >= 0.6 is 0 Å². The van der Waals surface area contributed by atoms with Gasteiger partial charge in [-0.05, 0) is 13.3 Å². The van der Waals surface area contributed by atoms with Crippen molar-refractivity contribution < 1.29 is 26.3 Å². The average Bonchev–Trinajstić information content (AvgIpc) is 2.94. The lowest BCUT2D eigenvalue weighted by molar-refractivity contribution is -0.152. The molecule has 0 aromatic heterocycles. The van der Waals surface area contributed by atoms with Gasteiger partial charge in [-0.1, -0.05) is 90.4 Å². The van der Waals surface area contributed by atoms with Gasteiger partial charge in [-0.2, -0.15) is 8.42 Å². The van der Waals surface area contributed by atoms with Gasteiger partial charge in [0.1, 0.15) is 6.10 Å². The number of ether oxygens (including phenoxy) is 1. The van der Waals surface area contributed by atoms with E-state index in [0.717, 1.165) is 19.3 Å². The second-order valence-corrected chi connectivity index (χ2v) is 8.54. The molecule has 0 saturated carbocycles. The summed E-state index contributed by atoms with van der Waals surface area (Å²) in [6.45, 7) is 4.10. The molecule has 2 atom stereocenters. The van der Waals surface area contributed by atoms with Gasteiger partial charge in [-0.15, -0.1) is 0 Å². The SMILES string of the molecule is CCCCCCCCCCCCCCC[C@H]1OS(=O)(=O)O[C@@H]1C(=O)OCC. The van der Waals surface area contributed by atoms with E-state index in [1.54, 1.807) is 6.92 Å². The molecule has 1 heterocycles. The van der Waals surface area contributed by atoms with Crippen molar-refractivity contribution in [2.24, 2.45) is 0 Å². The predicted octanol–water partition coefficient (Wildman–Crippen LogP) is 5.06.